The van der Waals surface area contributed by atoms with Crippen molar-refractivity contribution in [3.05, 3.63) is 65.9 Å². The molecule has 37 heavy (non-hydrogen) atoms. The van der Waals surface area contributed by atoms with Crippen molar-refractivity contribution >= 4 is 49.9 Å². The fraction of sp³-hybridized carbons (Fsp3) is 0.346. The Hall–Kier alpha value is -3.21. The lowest BCUT2D eigenvalue weighted by Crippen LogP contribution is -2.56. The van der Waals surface area contributed by atoms with Crippen molar-refractivity contribution in [3.8, 4) is 0 Å². The number of fused-ring (bicyclic) bond motifs is 1. The van der Waals surface area contributed by atoms with Gasteiger partial charge in [0.1, 0.15) is 6.04 Å². The summed E-state index contributed by atoms with van der Waals surface area (Å²) in [6.45, 7) is 2.90. The maximum absolute atomic E-state index is 13.1. The van der Waals surface area contributed by atoms with Gasteiger partial charge in [0.25, 0.3) is 0 Å². The Morgan fingerprint density at radius 3 is 2.43 bits per heavy atom. The number of sulfonamides is 1. The van der Waals surface area contributed by atoms with Gasteiger partial charge in [-0.25, -0.2) is 8.42 Å². The Bertz CT molecular complexity index is 1410. The highest BCUT2D eigenvalue weighted by atomic mass is 35.5. The Balaban J connectivity index is 1.20. The van der Waals surface area contributed by atoms with Crippen LogP contribution in [0.2, 0.25) is 5.02 Å². The second-order valence-corrected chi connectivity index (χ2v) is 11.5. The van der Waals surface area contributed by atoms with E-state index >= 15 is 0 Å². The van der Waals surface area contributed by atoms with Crippen LogP contribution in [0.15, 0.2) is 65.8 Å². The first kappa shape index (κ1) is 25.4. The van der Waals surface area contributed by atoms with E-state index in [9.17, 15) is 18.0 Å². The van der Waals surface area contributed by atoms with Crippen molar-refractivity contribution in [2.24, 2.45) is 0 Å². The van der Waals surface area contributed by atoms with Gasteiger partial charge in [0.05, 0.1) is 11.4 Å². The van der Waals surface area contributed by atoms with Gasteiger partial charge in [-0.1, -0.05) is 23.7 Å². The van der Waals surface area contributed by atoms with E-state index in [4.69, 9.17) is 11.6 Å². The molecule has 1 aromatic heterocycles. The molecule has 2 amide bonds. The Kier molecular flexibility index (Phi) is 7.32. The lowest BCUT2D eigenvalue weighted by atomic mass is 10.1. The number of anilines is 1. The topological polar surface area (TPSA) is 103 Å². The van der Waals surface area contributed by atoms with E-state index in [0.717, 1.165) is 16.5 Å². The van der Waals surface area contributed by atoms with E-state index in [0.29, 0.717) is 50.6 Å². The highest BCUT2D eigenvalue weighted by Crippen LogP contribution is 2.24. The monoisotopic (exact) mass is 541 g/mol. The fourth-order valence-electron chi connectivity index (χ4n) is 4.86. The second-order valence-electron chi connectivity index (χ2n) is 9.30. The van der Waals surface area contributed by atoms with Crippen molar-refractivity contribution in [2.75, 3.05) is 44.2 Å². The third kappa shape index (κ3) is 5.71. The molecule has 0 spiro atoms. The molecule has 5 rings (SSSR count). The van der Waals surface area contributed by atoms with Crippen LogP contribution in [0.5, 0.6) is 0 Å². The number of nitrogens with zero attached hydrogens (tertiary/aromatic N) is 4. The van der Waals surface area contributed by atoms with Gasteiger partial charge in [0.2, 0.25) is 21.8 Å². The molecule has 2 saturated heterocycles. The molecule has 0 unspecified atom stereocenters. The van der Waals surface area contributed by atoms with Crippen LogP contribution in [-0.4, -0.2) is 80.3 Å². The first-order valence-corrected chi connectivity index (χ1v) is 14.1. The van der Waals surface area contributed by atoms with Crippen molar-refractivity contribution in [1.29, 1.82) is 0 Å². The van der Waals surface area contributed by atoms with Crippen molar-refractivity contribution in [2.45, 2.75) is 23.8 Å². The molecular formula is C26H28ClN5O4S. The van der Waals surface area contributed by atoms with Crippen LogP contribution in [0.1, 0.15) is 12.8 Å². The number of rotatable bonds is 6. The van der Waals surface area contributed by atoms with E-state index in [1.165, 1.54) is 11.0 Å². The molecule has 0 aliphatic carbocycles. The minimum Gasteiger partial charge on any atom is -0.368 e. The molecule has 3 aromatic rings. The number of piperidine rings is 1. The maximum atomic E-state index is 13.1. The number of pyridine rings is 1. The summed E-state index contributed by atoms with van der Waals surface area (Å²) in [6.07, 6.45) is 4.49. The largest absolute Gasteiger partial charge is 0.368 e. The second kappa shape index (κ2) is 10.6. The quantitative estimate of drug-likeness (QED) is 0.514. The number of piperazine rings is 1. The van der Waals surface area contributed by atoms with Gasteiger partial charge in [-0.3, -0.25) is 14.6 Å². The minimum absolute atomic E-state index is 0.0525. The van der Waals surface area contributed by atoms with E-state index < -0.39 is 16.1 Å². The van der Waals surface area contributed by atoms with E-state index in [1.54, 1.807) is 47.6 Å². The van der Waals surface area contributed by atoms with Crippen LogP contribution in [-0.2, 0) is 19.6 Å². The maximum Gasteiger partial charge on any atom is 0.242 e. The third-order valence-corrected chi connectivity index (χ3v) is 8.60. The molecule has 1 atom stereocenters. The number of carbonyl (C=O) groups is 2. The molecule has 9 nitrogen and oxygen atoms in total. The summed E-state index contributed by atoms with van der Waals surface area (Å²) in [4.78, 5) is 35.7. The number of hydrogen-bond donors (Lipinski definition) is 1. The summed E-state index contributed by atoms with van der Waals surface area (Å²) in [5.41, 5.74) is 1.07. The van der Waals surface area contributed by atoms with Crippen LogP contribution in [0.4, 0.5) is 5.69 Å². The van der Waals surface area contributed by atoms with Gasteiger partial charge in [-0.05, 0) is 60.0 Å². The standard InChI is InChI=1S/C26H28ClN5O4S/c27-21-5-3-20-17-23(6-4-19(20)16-21)37(35,36)29-24-2-1-11-32(26(24)34)18-25(33)31-14-12-30(13-15-31)22-7-9-28-10-8-22/h3-10,16-17,24,29H,1-2,11-15,18H2/t24-/m0/s1. The minimum atomic E-state index is -3.94. The smallest absolute Gasteiger partial charge is 0.242 e. The number of hydrogen-bond acceptors (Lipinski definition) is 6. The highest BCUT2D eigenvalue weighted by molar-refractivity contribution is 7.89. The first-order valence-electron chi connectivity index (χ1n) is 12.2. The number of likely N-dealkylation sites (tertiary alicyclic amines) is 1. The Labute approximate surface area is 221 Å². The zero-order valence-electron chi connectivity index (χ0n) is 20.2. The summed E-state index contributed by atoms with van der Waals surface area (Å²) in [5, 5.41) is 2.13. The molecule has 3 heterocycles. The average Bonchev–Trinajstić information content (AvgIpc) is 2.91. The number of nitrogens with one attached hydrogen (secondary N) is 1. The fourth-order valence-corrected chi connectivity index (χ4v) is 6.30. The molecule has 2 aliphatic heterocycles. The Morgan fingerprint density at radius 1 is 0.973 bits per heavy atom. The Morgan fingerprint density at radius 2 is 1.68 bits per heavy atom. The van der Waals surface area contributed by atoms with Gasteiger partial charge in [0, 0.05) is 55.8 Å². The molecular weight excluding hydrogens is 514 g/mol. The summed E-state index contributed by atoms with van der Waals surface area (Å²) in [6, 6.07) is 13.0. The van der Waals surface area contributed by atoms with Crippen molar-refractivity contribution < 1.29 is 18.0 Å². The normalized spacial score (nSPS) is 18.9. The van der Waals surface area contributed by atoms with Crippen LogP contribution in [0.3, 0.4) is 0 Å². The predicted octanol–water partition coefficient (Wildman–Crippen LogP) is 2.51. The summed E-state index contributed by atoms with van der Waals surface area (Å²) >= 11 is 6.02. The van der Waals surface area contributed by atoms with Gasteiger partial charge in [-0.2, -0.15) is 4.72 Å². The van der Waals surface area contributed by atoms with E-state index in [2.05, 4.69) is 14.6 Å². The van der Waals surface area contributed by atoms with Gasteiger partial charge < -0.3 is 14.7 Å². The van der Waals surface area contributed by atoms with Crippen LogP contribution < -0.4 is 9.62 Å². The molecule has 0 saturated carbocycles. The number of amides is 2. The first-order chi connectivity index (χ1) is 17.8. The van der Waals surface area contributed by atoms with Crippen LogP contribution in [0, 0.1) is 0 Å². The van der Waals surface area contributed by atoms with E-state index in [1.807, 2.05) is 12.1 Å². The van der Waals surface area contributed by atoms with Crippen molar-refractivity contribution in [3.63, 3.8) is 0 Å². The summed E-state index contributed by atoms with van der Waals surface area (Å²) in [7, 11) is -3.94. The highest BCUT2D eigenvalue weighted by Gasteiger charge is 2.34. The lowest BCUT2D eigenvalue weighted by Gasteiger charge is -2.38. The van der Waals surface area contributed by atoms with Gasteiger partial charge in [0.15, 0.2) is 0 Å². The van der Waals surface area contributed by atoms with Crippen LogP contribution >= 0.6 is 11.6 Å². The average molecular weight is 542 g/mol. The van der Waals surface area contributed by atoms with E-state index in [-0.39, 0.29) is 23.3 Å². The SMILES string of the molecule is O=C(CN1CCC[C@H](NS(=O)(=O)c2ccc3cc(Cl)ccc3c2)C1=O)N1CCN(c2ccncc2)CC1. The molecule has 2 fully saturated rings. The van der Waals surface area contributed by atoms with Crippen LogP contribution in [0.25, 0.3) is 10.8 Å². The van der Waals surface area contributed by atoms with Crippen molar-refractivity contribution in [1.82, 2.24) is 19.5 Å². The lowest BCUT2D eigenvalue weighted by molar-refractivity contribution is -0.143. The number of aromatic nitrogens is 1. The summed E-state index contributed by atoms with van der Waals surface area (Å²) in [5.74, 6) is -0.495. The molecule has 194 valence electrons. The number of halogens is 1. The molecule has 1 N–H and O–H groups in total. The molecule has 2 aromatic carbocycles. The zero-order chi connectivity index (χ0) is 26.0. The van der Waals surface area contributed by atoms with Gasteiger partial charge >= 0.3 is 0 Å². The molecule has 0 bridgehead atoms. The number of carbonyl (C=O) groups excluding carboxylic acids is 2. The summed E-state index contributed by atoms with van der Waals surface area (Å²) < 4.78 is 28.7. The van der Waals surface area contributed by atoms with Gasteiger partial charge in [-0.15, -0.1) is 0 Å². The third-order valence-electron chi connectivity index (χ3n) is 6.90. The molecule has 11 heteroatoms. The molecule has 0 radical (unpaired) electrons. The number of benzene rings is 2. The zero-order valence-corrected chi connectivity index (χ0v) is 21.8. The molecule has 2 aliphatic rings. The predicted molar refractivity (Wildman–Crippen MR) is 142 cm³/mol.